The molecule has 1 aromatic carbocycles. The van der Waals surface area contributed by atoms with Crippen molar-refractivity contribution in [1.29, 1.82) is 0 Å². The Kier molecular flexibility index (Phi) is 2.78. The monoisotopic (exact) mass is 243 g/mol. The Hall–Kier alpha value is -1.84. The van der Waals surface area contributed by atoms with E-state index in [9.17, 15) is 0 Å². The molecule has 94 valence electrons. The molecule has 1 fully saturated rings. The molecule has 2 aromatic rings. The van der Waals surface area contributed by atoms with E-state index in [1.807, 2.05) is 25.1 Å². The minimum absolute atomic E-state index is 0.459. The van der Waals surface area contributed by atoms with Crippen LogP contribution in [-0.2, 0) is 0 Å². The van der Waals surface area contributed by atoms with Crippen molar-refractivity contribution in [3.63, 3.8) is 0 Å². The van der Waals surface area contributed by atoms with Crippen LogP contribution in [0.5, 0.6) is 0 Å². The van der Waals surface area contributed by atoms with Crippen LogP contribution in [0.25, 0.3) is 11.5 Å². The summed E-state index contributed by atoms with van der Waals surface area (Å²) in [5.74, 6) is 1.85. The maximum atomic E-state index is 5.80. The molecule has 18 heavy (non-hydrogen) atoms. The molecule has 4 heteroatoms. The Balaban J connectivity index is 1.89. The topological polar surface area (TPSA) is 64.9 Å². The molecule has 0 amide bonds. The zero-order valence-corrected chi connectivity index (χ0v) is 10.5. The Morgan fingerprint density at radius 1 is 1.22 bits per heavy atom. The maximum Gasteiger partial charge on any atom is 0.247 e. The van der Waals surface area contributed by atoms with Crippen LogP contribution in [0.15, 0.2) is 22.6 Å². The van der Waals surface area contributed by atoms with Gasteiger partial charge in [-0.3, -0.25) is 0 Å². The summed E-state index contributed by atoms with van der Waals surface area (Å²) in [6.45, 7) is 1.98. The van der Waals surface area contributed by atoms with E-state index in [0.29, 0.717) is 11.8 Å². The molecule has 2 N–H and O–H groups in total. The zero-order valence-electron chi connectivity index (χ0n) is 10.5. The molecule has 1 heterocycles. The Morgan fingerprint density at radius 2 is 2.00 bits per heavy atom. The number of nitrogens with two attached hydrogens (primary N) is 1. The van der Waals surface area contributed by atoms with E-state index in [4.69, 9.17) is 10.2 Å². The molecule has 0 spiro atoms. The first-order valence-corrected chi connectivity index (χ1v) is 6.44. The van der Waals surface area contributed by atoms with Gasteiger partial charge in [-0.25, -0.2) is 0 Å². The van der Waals surface area contributed by atoms with E-state index in [2.05, 4.69) is 10.2 Å². The second-order valence-electron chi connectivity index (χ2n) is 5.00. The van der Waals surface area contributed by atoms with E-state index in [1.54, 1.807) is 0 Å². The number of anilines is 1. The van der Waals surface area contributed by atoms with E-state index >= 15 is 0 Å². The van der Waals surface area contributed by atoms with Gasteiger partial charge in [0.05, 0.1) is 0 Å². The number of benzene rings is 1. The van der Waals surface area contributed by atoms with Crippen molar-refractivity contribution in [2.45, 2.75) is 38.5 Å². The Bertz CT molecular complexity index is 556. The Morgan fingerprint density at radius 3 is 2.72 bits per heavy atom. The summed E-state index contributed by atoms with van der Waals surface area (Å²) in [5, 5.41) is 8.32. The molecule has 0 aliphatic heterocycles. The second kappa shape index (κ2) is 4.44. The first kappa shape index (κ1) is 11.3. The van der Waals surface area contributed by atoms with Gasteiger partial charge in [-0.1, -0.05) is 12.8 Å². The third-order valence-corrected chi connectivity index (χ3v) is 3.66. The van der Waals surface area contributed by atoms with Crippen molar-refractivity contribution < 1.29 is 4.42 Å². The Labute approximate surface area is 106 Å². The highest BCUT2D eigenvalue weighted by molar-refractivity contribution is 5.60. The van der Waals surface area contributed by atoms with Crippen LogP contribution in [0.2, 0.25) is 0 Å². The molecular weight excluding hydrogens is 226 g/mol. The molecule has 4 nitrogen and oxygen atoms in total. The first-order valence-electron chi connectivity index (χ1n) is 6.44. The summed E-state index contributed by atoms with van der Waals surface area (Å²) in [6, 6.07) is 5.79. The van der Waals surface area contributed by atoms with Crippen LogP contribution in [-0.4, -0.2) is 10.2 Å². The zero-order chi connectivity index (χ0) is 12.5. The molecular formula is C14H17N3O. The fraction of sp³-hybridized carbons (Fsp3) is 0.429. The van der Waals surface area contributed by atoms with Crippen molar-refractivity contribution in [2.75, 3.05) is 5.73 Å². The molecule has 3 rings (SSSR count). The molecule has 1 aromatic heterocycles. The standard InChI is InChI=1S/C14H17N3O/c1-9-8-11(6-7-12(9)15)14-17-16-13(18-14)10-4-2-3-5-10/h6-8,10H,2-5,15H2,1H3. The average molecular weight is 243 g/mol. The highest BCUT2D eigenvalue weighted by atomic mass is 16.4. The molecule has 0 unspecified atom stereocenters. The lowest BCUT2D eigenvalue weighted by Crippen LogP contribution is -1.91. The molecule has 0 atom stereocenters. The largest absolute Gasteiger partial charge is 0.420 e. The van der Waals surface area contributed by atoms with Crippen LogP contribution in [0.1, 0.15) is 43.1 Å². The SMILES string of the molecule is Cc1cc(-c2nnc(C3CCCC3)o2)ccc1N. The molecule has 1 aliphatic rings. The lowest BCUT2D eigenvalue weighted by atomic mass is 10.1. The van der Waals surface area contributed by atoms with E-state index < -0.39 is 0 Å². The van der Waals surface area contributed by atoms with E-state index in [0.717, 1.165) is 22.7 Å². The summed E-state index contributed by atoms with van der Waals surface area (Å²) in [7, 11) is 0. The van der Waals surface area contributed by atoms with Gasteiger partial charge in [-0.2, -0.15) is 0 Å². The van der Waals surface area contributed by atoms with Gasteiger partial charge < -0.3 is 10.2 Å². The van der Waals surface area contributed by atoms with Gasteiger partial charge in [0, 0.05) is 17.2 Å². The molecule has 0 bridgehead atoms. The number of hydrogen-bond donors (Lipinski definition) is 1. The average Bonchev–Trinajstić information content (AvgIpc) is 3.01. The highest BCUT2D eigenvalue weighted by Gasteiger charge is 2.23. The van der Waals surface area contributed by atoms with Crippen molar-refractivity contribution in [3.05, 3.63) is 29.7 Å². The molecule has 1 saturated carbocycles. The molecule has 0 radical (unpaired) electrons. The number of hydrogen-bond acceptors (Lipinski definition) is 4. The van der Waals surface area contributed by atoms with Gasteiger partial charge in [0.25, 0.3) is 0 Å². The molecule has 0 saturated heterocycles. The van der Waals surface area contributed by atoms with Crippen LogP contribution in [0.3, 0.4) is 0 Å². The van der Waals surface area contributed by atoms with Crippen LogP contribution >= 0.6 is 0 Å². The third kappa shape index (κ3) is 1.98. The third-order valence-electron chi connectivity index (χ3n) is 3.66. The van der Waals surface area contributed by atoms with Gasteiger partial charge >= 0.3 is 0 Å². The van der Waals surface area contributed by atoms with E-state index in [1.165, 1.54) is 25.7 Å². The van der Waals surface area contributed by atoms with E-state index in [-0.39, 0.29) is 0 Å². The second-order valence-corrected chi connectivity index (χ2v) is 5.00. The number of aromatic nitrogens is 2. The van der Waals surface area contributed by atoms with Crippen molar-refractivity contribution in [1.82, 2.24) is 10.2 Å². The van der Waals surface area contributed by atoms with Gasteiger partial charge in [-0.15, -0.1) is 10.2 Å². The highest BCUT2D eigenvalue weighted by Crippen LogP contribution is 2.34. The van der Waals surface area contributed by atoms with Crippen LogP contribution in [0.4, 0.5) is 5.69 Å². The lowest BCUT2D eigenvalue weighted by Gasteiger charge is -2.02. The quantitative estimate of drug-likeness (QED) is 0.822. The summed E-state index contributed by atoms with van der Waals surface area (Å²) in [6.07, 6.45) is 4.87. The first-order chi connectivity index (χ1) is 8.74. The fourth-order valence-electron chi connectivity index (χ4n) is 2.50. The molecule has 1 aliphatic carbocycles. The van der Waals surface area contributed by atoms with Crippen LogP contribution < -0.4 is 5.73 Å². The van der Waals surface area contributed by atoms with Gasteiger partial charge in [-0.05, 0) is 43.5 Å². The van der Waals surface area contributed by atoms with Crippen molar-refractivity contribution in [3.8, 4) is 11.5 Å². The van der Waals surface area contributed by atoms with Gasteiger partial charge in [0.1, 0.15) is 0 Å². The van der Waals surface area contributed by atoms with Crippen molar-refractivity contribution >= 4 is 5.69 Å². The fourth-order valence-corrected chi connectivity index (χ4v) is 2.50. The summed E-state index contributed by atoms with van der Waals surface area (Å²) in [4.78, 5) is 0. The normalized spacial score (nSPS) is 16.3. The summed E-state index contributed by atoms with van der Waals surface area (Å²) >= 11 is 0. The maximum absolute atomic E-state index is 5.80. The number of rotatable bonds is 2. The van der Waals surface area contributed by atoms with Crippen LogP contribution in [0, 0.1) is 6.92 Å². The minimum Gasteiger partial charge on any atom is -0.420 e. The number of nitrogen functional groups attached to an aromatic ring is 1. The van der Waals surface area contributed by atoms with Crippen molar-refractivity contribution in [2.24, 2.45) is 0 Å². The predicted octanol–water partition coefficient (Wildman–Crippen LogP) is 3.28. The minimum atomic E-state index is 0.459. The number of aryl methyl sites for hydroxylation is 1. The lowest BCUT2D eigenvalue weighted by molar-refractivity contribution is 0.457. The number of nitrogens with zero attached hydrogens (tertiary/aromatic N) is 2. The smallest absolute Gasteiger partial charge is 0.247 e. The van der Waals surface area contributed by atoms with Gasteiger partial charge in [0.15, 0.2) is 0 Å². The summed E-state index contributed by atoms with van der Waals surface area (Å²) in [5.41, 5.74) is 8.57. The summed E-state index contributed by atoms with van der Waals surface area (Å²) < 4.78 is 5.79. The predicted molar refractivity (Wildman–Crippen MR) is 70.1 cm³/mol. The van der Waals surface area contributed by atoms with Gasteiger partial charge in [0.2, 0.25) is 11.8 Å².